The Labute approximate surface area is 166 Å². The van der Waals surface area contributed by atoms with Gasteiger partial charge in [-0.05, 0) is 64.9 Å². The van der Waals surface area contributed by atoms with Crippen LogP contribution in [0.25, 0.3) is 16.9 Å². The Balaban J connectivity index is 1.52. The zero-order valence-corrected chi connectivity index (χ0v) is 16.9. The summed E-state index contributed by atoms with van der Waals surface area (Å²) in [6, 6.07) is 12.8. The zero-order valence-electron chi connectivity index (χ0n) is 16.9. The van der Waals surface area contributed by atoms with Crippen molar-refractivity contribution in [2.45, 2.75) is 39.2 Å². The van der Waals surface area contributed by atoms with Crippen molar-refractivity contribution in [2.75, 3.05) is 25.5 Å². The van der Waals surface area contributed by atoms with Crippen molar-refractivity contribution in [1.29, 1.82) is 0 Å². The van der Waals surface area contributed by atoms with E-state index in [1.54, 1.807) is 0 Å². The number of aryl methyl sites for hydroxylation is 1. The highest BCUT2D eigenvalue weighted by molar-refractivity contribution is 5.66. The number of nitrogens with one attached hydrogen (secondary N) is 1. The molecule has 0 aliphatic carbocycles. The summed E-state index contributed by atoms with van der Waals surface area (Å²) < 4.78 is 1.98. The van der Waals surface area contributed by atoms with Crippen molar-refractivity contribution >= 4 is 5.95 Å². The molecule has 1 N–H and O–H groups in total. The van der Waals surface area contributed by atoms with E-state index in [0.29, 0.717) is 12.0 Å². The summed E-state index contributed by atoms with van der Waals surface area (Å²) in [7, 11) is 2.21. The van der Waals surface area contributed by atoms with E-state index in [1.165, 1.54) is 19.4 Å². The smallest absolute Gasteiger partial charge is 0.223 e. The molecular formula is C22H28N6. The van der Waals surface area contributed by atoms with Gasteiger partial charge in [-0.3, -0.25) is 0 Å². The first-order valence-corrected chi connectivity index (χ1v) is 10.0. The molecule has 2 aromatic heterocycles. The summed E-state index contributed by atoms with van der Waals surface area (Å²) in [4.78, 5) is 11.6. The minimum atomic E-state index is 0.671. The van der Waals surface area contributed by atoms with Gasteiger partial charge in [0.1, 0.15) is 0 Å². The number of rotatable bonds is 6. The topological polar surface area (TPSA) is 58.9 Å². The maximum Gasteiger partial charge on any atom is 0.223 e. The van der Waals surface area contributed by atoms with E-state index in [0.717, 1.165) is 41.3 Å². The Morgan fingerprint density at radius 3 is 2.71 bits per heavy atom. The number of anilines is 1. The van der Waals surface area contributed by atoms with E-state index in [-0.39, 0.29) is 0 Å². The standard InChI is InChI=1S/C22H28N6/c1-16-21(17(2)28(26-16)19-8-5-4-6-9-19)20-12-14-24-22(25-20)23-13-11-18-10-7-15-27(18)3/h4-6,8-9,12,14,18H,7,10-11,13,15H2,1-3H3,(H,23,24,25)/t18-/m0/s1. The van der Waals surface area contributed by atoms with Crippen LogP contribution in [0.5, 0.6) is 0 Å². The summed E-state index contributed by atoms with van der Waals surface area (Å²) in [6.07, 6.45) is 5.53. The molecule has 0 unspecified atom stereocenters. The lowest BCUT2D eigenvalue weighted by atomic mass is 10.1. The minimum absolute atomic E-state index is 0.671. The van der Waals surface area contributed by atoms with Crippen LogP contribution >= 0.6 is 0 Å². The van der Waals surface area contributed by atoms with Crippen molar-refractivity contribution in [3.63, 3.8) is 0 Å². The van der Waals surface area contributed by atoms with Gasteiger partial charge in [0, 0.05) is 24.3 Å². The van der Waals surface area contributed by atoms with Crippen LogP contribution in [0.1, 0.15) is 30.7 Å². The van der Waals surface area contributed by atoms with E-state index < -0.39 is 0 Å². The third-order valence-corrected chi connectivity index (χ3v) is 5.64. The second-order valence-corrected chi connectivity index (χ2v) is 7.55. The number of hydrogen-bond acceptors (Lipinski definition) is 5. The van der Waals surface area contributed by atoms with Gasteiger partial charge in [0.25, 0.3) is 0 Å². The Kier molecular flexibility index (Phi) is 5.39. The van der Waals surface area contributed by atoms with Crippen molar-refractivity contribution in [3.8, 4) is 16.9 Å². The van der Waals surface area contributed by atoms with E-state index in [1.807, 2.05) is 42.1 Å². The molecule has 1 aromatic carbocycles. The highest BCUT2D eigenvalue weighted by atomic mass is 15.3. The predicted octanol–water partition coefficient (Wildman–Crippen LogP) is 3.84. The first-order chi connectivity index (χ1) is 13.6. The molecule has 146 valence electrons. The number of likely N-dealkylation sites (tertiary alicyclic amines) is 1. The molecule has 0 saturated carbocycles. The van der Waals surface area contributed by atoms with Crippen LogP contribution in [0.2, 0.25) is 0 Å². The minimum Gasteiger partial charge on any atom is -0.354 e. The number of nitrogens with zero attached hydrogens (tertiary/aromatic N) is 5. The van der Waals surface area contributed by atoms with Gasteiger partial charge in [-0.15, -0.1) is 0 Å². The molecule has 28 heavy (non-hydrogen) atoms. The highest BCUT2D eigenvalue weighted by Crippen LogP contribution is 2.27. The van der Waals surface area contributed by atoms with E-state index in [4.69, 9.17) is 10.1 Å². The molecule has 6 heteroatoms. The van der Waals surface area contributed by atoms with Gasteiger partial charge in [-0.2, -0.15) is 5.10 Å². The predicted molar refractivity (Wildman–Crippen MR) is 113 cm³/mol. The Morgan fingerprint density at radius 2 is 1.96 bits per heavy atom. The second-order valence-electron chi connectivity index (χ2n) is 7.55. The normalized spacial score (nSPS) is 17.2. The monoisotopic (exact) mass is 376 g/mol. The first kappa shape index (κ1) is 18.6. The van der Waals surface area contributed by atoms with E-state index in [9.17, 15) is 0 Å². The molecule has 0 spiro atoms. The van der Waals surface area contributed by atoms with Crippen LogP contribution in [0.4, 0.5) is 5.95 Å². The maximum atomic E-state index is 4.77. The lowest BCUT2D eigenvalue weighted by molar-refractivity contribution is 0.301. The van der Waals surface area contributed by atoms with Crippen molar-refractivity contribution in [1.82, 2.24) is 24.6 Å². The lowest BCUT2D eigenvalue weighted by Crippen LogP contribution is -2.27. The molecule has 1 fully saturated rings. The average molecular weight is 377 g/mol. The molecule has 0 bridgehead atoms. The van der Waals surface area contributed by atoms with Gasteiger partial charge in [0.05, 0.1) is 22.8 Å². The van der Waals surface area contributed by atoms with Crippen LogP contribution in [-0.2, 0) is 0 Å². The van der Waals surface area contributed by atoms with E-state index in [2.05, 4.69) is 41.3 Å². The van der Waals surface area contributed by atoms with Gasteiger partial charge >= 0.3 is 0 Å². The average Bonchev–Trinajstić information content (AvgIpc) is 3.25. The third-order valence-electron chi connectivity index (χ3n) is 5.64. The van der Waals surface area contributed by atoms with Crippen molar-refractivity contribution < 1.29 is 0 Å². The molecule has 1 aliphatic rings. The number of para-hydroxylation sites is 1. The first-order valence-electron chi connectivity index (χ1n) is 10.0. The lowest BCUT2D eigenvalue weighted by Gasteiger charge is -2.19. The fourth-order valence-electron chi connectivity index (χ4n) is 4.11. The molecule has 1 saturated heterocycles. The second kappa shape index (κ2) is 8.10. The fourth-order valence-corrected chi connectivity index (χ4v) is 4.11. The van der Waals surface area contributed by atoms with Gasteiger partial charge in [0.15, 0.2) is 0 Å². The number of aromatic nitrogens is 4. The maximum absolute atomic E-state index is 4.77. The molecule has 3 aromatic rings. The Hall–Kier alpha value is -2.73. The van der Waals surface area contributed by atoms with Crippen LogP contribution in [0.15, 0.2) is 42.6 Å². The van der Waals surface area contributed by atoms with Crippen molar-refractivity contribution in [2.24, 2.45) is 0 Å². The summed E-state index contributed by atoms with van der Waals surface area (Å²) >= 11 is 0. The largest absolute Gasteiger partial charge is 0.354 e. The molecule has 0 amide bonds. The molecule has 4 rings (SSSR count). The number of hydrogen-bond donors (Lipinski definition) is 1. The highest BCUT2D eigenvalue weighted by Gasteiger charge is 2.20. The third kappa shape index (κ3) is 3.78. The molecule has 0 radical (unpaired) electrons. The molecule has 1 atom stereocenters. The van der Waals surface area contributed by atoms with E-state index >= 15 is 0 Å². The SMILES string of the molecule is Cc1nn(-c2ccccc2)c(C)c1-c1ccnc(NCC[C@@H]2CCCN2C)n1. The van der Waals surface area contributed by atoms with Crippen LogP contribution < -0.4 is 5.32 Å². The quantitative estimate of drug-likeness (QED) is 0.708. The Morgan fingerprint density at radius 1 is 1.14 bits per heavy atom. The number of benzene rings is 1. The van der Waals surface area contributed by atoms with Crippen molar-refractivity contribution in [3.05, 3.63) is 54.0 Å². The van der Waals surface area contributed by atoms with Gasteiger partial charge < -0.3 is 10.2 Å². The summed E-state index contributed by atoms with van der Waals surface area (Å²) in [5.74, 6) is 0.685. The zero-order chi connectivity index (χ0) is 19.5. The van der Waals surface area contributed by atoms with Gasteiger partial charge in [0.2, 0.25) is 5.95 Å². The van der Waals surface area contributed by atoms with Crippen LogP contribution in [0, 0.1) is 13.8 Å². The summed E-state index contributed by atoms with van der Waals surface area (Å²) in [5.41, 5.74) is 5.10. The van der Waals surface area contributed by atoms with Gasteiger partial charge in [-0.25, -0.2) is 14.6 Å². The van der Waals surface area contributed by atoms with Crippen LogP contribution in [0.3, 0.4) is 0 Å². The molecular weight excluding hydrogens is 348 g/mol. The summed E-state index contributed by atoms with van der Waals surface area (Å²) in [6.45, 7) is 6.22. The fraction of sp³-hybridized carbons (Fsp3) is 0.409. The molecule has 6 nitrogen and oxygen atoms in total. The molecule has 1 aliphatic heterocycles. The van der Waals surface area contributed by atoms with Gasteiger partial charge in [-0.1, -0.05) is 18.2 Å². The Bertz CT molecular complexity index is 933. The summed E-state index contributed by atoms with van der Waals surface area (Å²) in [5, 5.41) is 8.14. The molecule has 3 heterocycles. The van der Waals surface area contributed by atoms with Crippen LogP contribution in [-0.4, -0.2) is 50.8 Å².